The molecule has 1 saturated carbocycles. The minimum absolute atomic E-state index is 0.193. The number of hydrogen-bond acceptors (Lipinski definition) is 3. The first-order valence-electron chi connectivity index (χ1n) is 8.67. The summed E-state index contributed by atoms with van der Waals surface area (Å²) in [6.07, 6.45) is 0.817. The second-order valence-corrected chi connectivity index (χ2v) is 7.97. The predicted octanol–water partition coefficient (Wildman–Crippen LogP) is 5.55. The molecule has 1 aliphatic heterocycles. The van der Waals surface area contributed by atoms with Gasteiger partial charge in [0, 0.05) is 21.6 Å². The van der Waals surface area contributed by atoms with Crippen LogP contribution in [0, 0.1) is 12.8 Å². The maximum absolute atomic E-state index is 12.6. The number of hydrogen-bond donors (Lipinski definition) is 0. The second kappa shape index (κ2) is 7.12. The molecule has 6 heteroatoms. The normalized spacial score (nSPS) is 20.2. The van der Waals surface area contributed by atoms with Gasteiger partial charge in [-0.2, -0.15) is 0 Å². The quantitative estimate of drug-likeness (QED) is 0.590. The number of anilines is 1. The average Bonchev–Trinajstić information content (AvgIpc) is 3.40. The van der Waals surface area contributed by atoms with Gasteiger partial charge < -0.3 is 9.47 Å². The van der Waals surface area contributed by atoms with E-state index in [9.17, 15) is 4.79 Å². The smallest absolute Gasteiger partial charge is 0.414 e. The van der Waals surface area contributed by atoms with Gasteiger partial charge in [-0.1, -0.05) is 39.7 Å². The third-order valence-corrected chi connectivity index (χ3v) is 6.14. The number of halogens is 2. The lowest BCUT2D eigenvalue weighted by Crippen LogP contribution is -2.37. The molecule has 4 rings (SSSR count). The molecule has 2 aromatic carbocycles. The lowest BCUT2D eigenvalue weighted by Gasteiger charge is -2.29. The Balaban J connectivity index is 1.36. The van der Waals surface area contributed by atoms with Crippen molar-refractivity contribution in [1.82, 2.24) is 0 Å². The largest absolute Gasteiger partial charge is 0.490 e. The average molecular weight is 437 g/mol. The number of nitrogens with zero attached hydrogens (tertiary/aromatic N) is 1. The zero-order chi connectivity index (χ0) is 18.3. The fraction of sp³-hybridized carbons (Fsp3) is 0.350. The third kappa shape index (κ3) is 3.30. The molecule has 2 atom stereocenters. The van der Waals surface area contributed by atoms with Gasteiger partial charge in [0.05, 0.1) is 5.69 Å². The summed E-state index contributed by atoms with van der Waals surface area (Å²) in [5, 5.41) is 0.661. The Morgan fingerprint density at radius 1 is 1.27 bits per heavy atom. The van der Waals surface area contributed by atoms with Crippen LogP contribution < -0.4 is 9.64 Å². The number of rotatable bonds is 4. The van der Waals surface area contributed by atoms with E-state index in [4.69, 9.17) is 21.1 Å². The minimum atomic E-state index is -0.318. The summed E-state index contributed by atoms with van der Waals surface area (Å²) in [7, 11) is 0. The summed E-state index contributed by atoms with van der Waals surface area (Å²) in [5.41, 5.74) is 3.07. The highest BCUT2D eigenvalue weighted by atomic mass is 79.9. The summed E-state index contributed by atoms with van der Waals surface area (Å²) in [6.45, 7) is 3.11. The predicted molar refractivity (Wildman–Crippen MR) is 105 cm³/mol. The number of carbonyl (C=O) groups excluding carboxylic acids is 1. The van der Waals surface area contributed by atoms with E-state index in [1.807, 2.05) is 43.3 Å². The molecule has 1 heterocycles. The van der Waals surface area contributed by atoms with E-state index >= 15 is 0 Å². The molecule has 2 unspecified atom stereocenters. The molecule has 0 saturated heterocycles. The van der Waals surface area contributed by atoms with Gasteiger partial charge in [0.15, 0.2) is 0 Å². The van der Waals surface area contributed by atoms with Gasteiger partial charge in [-0.15, -0.1) is 0 Å². The second-order valence-electron chi connectivity index (χ2n) is 6.71. The molecular formula is C20H19BrClNO3. The Morgan fingerprint density at radius 2 is 2.08 bits per heavy atom. The van der Waals surface area contributed by atoms with Crippen LogP contribution in [0.25, 0.3) is 0 Å². The van der Waals surface area contributed by atoms with Crippen LogP contribution in [0.1, 0.15) is 23.5 Å². The van der Waals surface area contributed by atoms with Crippen molar-refractivity contribution in [2.45, 2.75) is 19.3 Å². The van der Waals surface area contributed by atoms with E-state index in [2.05, 4.69) is 15.9 Å². The topological polar surface area (TPSA) is 38.8 Å². The highest BCUT2D eigenvalue weighted by Gasteiger charge is 2.47. The summed E-state index contributed by atoms with van der Waals surface area (Å²) in [6, 6.07) is 11.5. The van der Waals surface area contributed by atoms with Crippen molar-refractivity contribution in [3.8, 4) is 5.75 Å². The lowest BCUT2D eigenvalue weighted by atomic mass is 10.0. The molecule has 2 aliphatic rings. The third-order valence-electron chi connectivity index (χ3n) is 5.04. The Hall–Kier alpha value is -1.72. The van der Waals surface area contributed by atoms with Gasteiger partial charge in [-0.3, -0.25) is 4.90 Å². The molecule has 2 aromatic rings. The number of ether oxygens (including phenoxy) is 2. The number of benzene rings is 2. The molecule has 1 fully saturated rings. The van der Waals surface area contributed by atoms with Crippen LogP contribution >= 0.6 is 27.5 Å². The van der Waals surface area contributed by atoms with Gasteiger partial charge in [-0.25, -0.2) is 4.79 Å². The first-order chi connectivity index (χ1) is 12.6. The van der Waals surface area contributed by atoms with Gasteiger partial charge in [-0.05, 0) is 55.0 Å². The Labute approximate surface area is 166 Å². The lowest BCUT2D eigenvalue weighted by molar-refractivity contribution is 0.130. The zero-order valence-electron chi connectivity index (χ0n) is 14.4. The van der Waals surface area contributed by atoms with Crippen molar-refractivity contribution in [2.75, 3.05) is 24.7 Å². The Morgan fingerprint density at radius 3 is 2.92 bits per heavy atom. The van der Waals surface area contributed by atoms with Crippen LogP contribution in [0.5, 0.6) is 5.75 Å². The molecule has 0 radical (unpaired) electrons. The standard InChI is InChI=1S/C20H19BrClNO3/c1-12-16(22)5-3-7-18(12)25-8-9-26-20(24)23-11-13-10-14(13)19-15(21)4-2-6-17(19)23/h2-7,13-14H,8-11H2,1H3. The Kier molecular flexibility index (Phi) is 4.84. The van der Waals surface area contributed by atoms with Gasteiger partial charge in [0.1, 0.15) is 19.0 Å². The van der Waals surface area contributed by atoms with Crippen molar-refractivity contribution in [1.29, 1.82) is 0 Å². The molecule has 4 nitrogen and oxygen atoms in total. The fourth-order valence-corrected chi connectivity index (χ4v) is 4.35. The molecule has 0 spiro atoms. The van der Waals surface area contributed by atoms with Crippen LogP contribution in [0.15, 0.2) is 40.9 Å². The molecule has 0 N–H and O–H groups in total. The number of carbonyl (C=O) groups is 1. The summed E-state index contributed by atoms with van der Waals surface area (Å²) < 4.78 is 12.2. The van der Waals surface area contributed by atoms with Crippen LogP contribution in [0.2, 0.25) is 5.02 Å². The van der Waals surface area contributed by atoms with Crippen molar-refractivity contribution in [3.63, 3.8) is 0 Å². The Bertz CT molecular complexity index is 857. The number of fused-ring (bicyclic) bond motifs is 3. The zero-order valence-corrected chi connectivity index (χ0v) is 16.7. The van der Waals surface area contributed by atoms with Gasteiger partial charge >= 0.3 is 6.09 Å². The van der Waals surface area contributed by atoms with Crippen molar-refractivity contribution in [3.05, 3.63) is 57.0 Å². The van der Waals surface area contributed by atoms with Crippen LogP contribution in [0.4, 0.5) is 10.5 Å². The maximum atomic E-state index is 12.6. The van der Waals surface area contributed by atoms with Crippen LogP contribution in [-0.2, 0) is 4.74 Å². The van der Waals surface area contributed by atoms with Crippen molar-refractivity contribution >= 4 is 39.3 Å². The first kappa shape index (κ1) is 17.7. The van der Waals surface area contributed by atoms with Gasteiger partial charge in [0.25, 0.3) is 0 Å². The summed E-state index contributed by atoms with van der Waals surface area (Å²) in [5.74, 6) is 1.82. The highest BCUT2D eigenvalue weighted by molar-refractivity contribution is 9.10. The molecular weight excluding hydrogens is 418 g/mol. The molecule has 1 amide bonds. The van der Waals surface area contributed by atoms with Crippen LogP contribution in [-0.4, -0.2) is 25.9 Å². The van der Waals surface area contributed by atoms with E-state index in [0.717, 1.165) is 28.7 Å². The van der Waals surface area contributed by atoms with E-state index in [1.54, 1.807) is 4.90 Å². The van der Waals surface area contributed by atoms with Crippen molar-refractivity contribution in [2.24, 2.45) is 5.92 Å². The molecule has 26 heavy (non-hydrogen) atoms. The molecule has 0 aromatic heterocycles. The molecule has 0 bridgehead atoms. The maximum Gasteiger partial charge on any atom is 0.414 e. The molecule has 136 valence electrons. The summed E-state index contributed by atoms with van der Waals surface area (Å²) >= 11 is 9.70. The minimum Gasteiger partial charge on any atom is -0.490 e. The SMILES string of the molecule is Cc1c(Cl)cccc1OCCOC(=O)N1CC2CC2c2c(Br)cccc21. The van der Waals surface area contributed by atoms with Crippen molar-refractivity contribution < 1.29 is 14.3 Å². The number of amides is 1. The fourth-order valence-electron chi connectivity index (χ4n) is 3.54. The van der Waals surface area contributed by atoms with E-state index in [0.29, 0.717) is 22.6 Å². The molecule has 1 aliphatic carbocycles. The van der Waals surface area contributed by atoms with E-state index in [1.165, 1.54) is 5.56 Å². The van der Waals surface area contributed by atoms with E-state index in [-0.39, 0.29) is 19.3 Å². The van der Waals surface area contributed by atoms with E-state index < -0.39 is 0 Å². The van der Waals surface area contributed by atoms with Gasteiger partial charge in [0.2, 0.25) is 0 Å². The monoisotopic (exact) mass is 435 g/mol. The summed E-state index contributed by atoms with van der Waals surface area (Å²) in [4.78, 5) is 14.3. The van der Waals surface area contributed by atoms with Crippen LogP contribution in [0.3, 0.4) is 0 Å². The first-order valence-corrected chi connectivity index (χ1v) is 9.84. The highest BCUT2D eigenvalue weighted by Crippen LogP contribution is 2.56.